The summed E-state index contributed by atoms with van der Waals surface area (Å²) < 4.78 is 1.80. The zero-order chi connectivity index (χ0) is 9.42. The number of fused-ring (bicyclic) bond motifs is 1. The average Bonchev–Trinajstić information content (AvgIpc) is 2.48. The lowest BCUT2D eigenvalue weighted by Crippen LogP contribution is -1.95. The first-order valence-corrected chi connectivity index (χ1v) is 4.49. The summed E-state index contributed by atoms with van der Waals surface area (Å²) in [7, 11) is 0. The first kappa shape index (κ1) is 8.81. The molecule has 0 bridgehead atoms. The van der Waals surface area contributed by atoms with Gasteiger partial charge in [-0.05, 0) is 0 Å². The maximum Gasteiger partial charge on any atom is 0.138 e. The second-order valence-corrected chi connectivity index (χ2v) is 3.49. The van der Waals surface area contributed by atoms with Gasteiger partial charge >= 0.3 is 0 Å². The van der Waals surface area contributed by atoms with Gasteiger partial charge in [-0.15, -0.1) is 0 Å². The van der Waals surface area contributed by atoms with Gasteiger partial charge in [0, 0.05) is 25.0 Å². The summed E-state index contributed by atoms with van der Waals surface area (Å²) in [5.74, 6) is 0. The molecule has 0 aliphatic heterocycles. The molecular formula is C8H7Cl2N3. The maximum atomic E-state index is 5.83. The van der Waals surface area contributed by atoms with E-state index in [-0.39, 0.29) is 0 Å². The SMILES string of the molecule is NCc1cn2cc(Cl)c(Cl)cc2n1. The van der Waals surface area contributed by atoms with Gasteiger partial charge in [0.1, 0.15) is 5.65 Å². The fraction of sp³-hybridized carbons (Fsp3) is 0.125. The molecule has 2 rings (SSSR count). The summed E-state index contributed by atoms with van der Waals surface area (Å²) in [6.45, 7) is 0.414. The average molecular weight is 216 g/mol. The molecule has 0 fully saturated rings. The largest absolute Gasteiger partial charge is 0.325 e. The number of aromatic nitrogens is 2. The van der Waals surface area contributed by atoms with E-state index in [9.17, 15) is 0 Å². The lowest BCUT2D eigenvalue weighted by atomic mass is 10.5. The second-order valence-electron chi connectivity index (χ2n) is 2.67. The second kappa shape index (κ2) is 3.18. The number of halogens is 2. The van der Waals surface area contributed by atoms with Crippen molar-refractivity contribution in [1.29, 1.82) is 0 Å². The van der Waals surface area contributed by atoms with Crippen LogP contribution in [0.25, 0.3) is 5.65 Å². The highest BCUT2D eigenvalue weighted by molar-refractivity contribution is 6.42. The zero-order valence-corrected chi connectivity index (χ0v) is 8.18. The molecule has 13 heavy (non-hydrogen) atoms. The van der Waals surface area contributed by atoms with E-state index in [0.29, 0.717) is 16.6 Å². The van der Waals surface area contributed by atoms with Crippen molar-refractivity contribution in [1.82, 2.24) is 9.38 Å². The number of nitrogens with zero attached hydrogens (tertiary/aromatic N) is 2. The van der Waals surface area contributed by atoms with Crippen LogP contribution in [-0.2, 0) is 6.54 Å². The first-order chi connectivity index (χ1) is 6.20. The smallest absolute Gasteiger partial charge is 0.138 e. The number of hydrogen-bond acceptors (Lipinski definition) is 2. The molecular weight excluding hydrogens is 209 g/mol. The summed E-state index contributed by atoms with van der Waals surface area (Å²) >= 11 is 11.7. The number of rotatable bonds is 1. The van der Waals surface area contributed by atoms with Gasteiger partial charge in [0.15, 0.2) is 0 Å². The zero-order valence-electron chi connectivity index (χ0n) is 6.67. The summed E-state index contributed by atoms with van der Waals surface area (Å²) in [6, 6.07) is 1.71. The third-order valence-electron chi connectivity index (χ3n) is 1.76. The van der Waals surface area contributed by atoms with Crippen molar-refractivity contribution in [3.63, 3.8) is 0 Å². The van der Waals surface area contributed by atoms with Gasteiger partial charge in [0.25, 0.3) is 0 Å². The monoisotopic (exact) mass is 215 g/mol. The van der Waals surface area contributed by atoms with Crippen molar-refractivity contribution in [3.8, 4) is 0 Å². The Bertz CT molecular complexity index is 411. The first-order valence-electron chi connectivity index (χ1n) is 3.73. The number of hydrogen-bond donors (Lipinski definition) is 1. The van der Waals surface area contributed by atoms with E-state index < -0.39 is 0 Å². The van der Waals surface area contributed by atoms with E-state index in [1.807, 2.05) is 6.20 Å². The lowest BCUT2D eigenvalue weighted by Gasteiger charge is -1.95. The van der Waals surface area contributed by atoms with Crippen LogP contribution in [0.4, 0.5) is 0 Å². The van der Waals surface area contributed by atoms with Gasteiger partial charge in [-0.1, -0.05) is 23.2 Å². The van der Waals surface area contributed by atoms with Crippen LogP contribution in [0, 0.1) is 0 Å². The van der Waals surface area contributed by atoms with Gasteiger partial charge in [-0.3, -0.25) is 0 Å². The molecule has 2 heterocycles. The van der Waals surface area contributed by atoms with Crippen molar-refractivity contribution >= 4 is 28.8 Å². The fourth-order valence-electron chi connectivity index (χ4n) is 1.14. The molecule has 2 aromatic rings. The van der Waals surface area contributed by atoms with Crippen molar-refractivity contribution in [2.75, 3.05) is 0 Å². The van der Waals surface area contributed by atoms with Crippen molar-refractivity contribution in [3.05, 3.63) is 34.2 Å². The number of nitrogens with two attached hydrogens (primary N) is 1. The summed E-state index contributed by atoms with van der Waals surface area (Å²) in [6.07, 6.45) is 3.54. The Morgan fingerprint density at radius 3 is 2.77 bits per heavy atom. The third kappa shape index (κ3) is 1.50. The quantitative estimate of drug-likeness (QED) is 0.793. The van der Waals surface area contributed by atoms with Crippen LogP contribution in [0.2, 0.25) is 10.0 Å². The molecule has 3 nitrogen and oxygen atoms in total. The molecule has 0 amide bonds. The van der Waals surface area contributed by atoms with Gasteiger partial charge in [0.05, 0.1) is 15.7 Å². The molecule has 5 heteroatoms. The van der Waals surface area contributed by atoms with E-state index in [1.54, 1.807) is 16.7 Å². The summed E-state index contributed by atoms with van der Waals surface area (Å²) in [5.41, 5.74) is 7.02. The lowest BCUT2D eigenvalue weighted by molar-refractivity contribution is 1.02. The van der Waals surface area contributed by atoms with Crippen LogP contribution in [0.15, 0.2) is 18.5 Å². The normalized spacial score (nSPS) is 11.0. The highest BCUT2D eigenvalue weighted by Gasteiger charge is 2.03. The predicted molar refractivity (Wildman–Crippen MR) is 53.1 cm³/mol. The summed E-state index contributed by atoms with van der Waals surface area (Å²) in [4.78, 5) is 4.23. The van der Waals surface area contributed by atoms with Crippen LogP contribution < -0.4 is 5.73 Å². The minimum atomic E-state index is 0.414. The van der Waals surface area contributed by atoms with Crippen molar-refractivity contribution in [2.24, 2.45) is 5.73 Å². The Morgan fingerprint density at radius 2 is 2.08 bits per heavy atom. The highest BCUT2D eigenvalue weighted by Crippen LogP contribution is 2.22. The molecule has 2 N–H and O–H groups in total. The van der Waals surface area contributed by atoms with E-state index in [2.05, 4.69) is 4.98 Å². The topological polar surface area (TPSA) is 43.3 Å². The van der Waals surface area contributed by atoms with Gasteiger partial charge in [-0.2, -0.15) is 0 Å². The maximum absolute atomic E-state index is 5.83. The minimum Gasteiger partial charge on any atom is -0.325 e. The molecule has 0 aliphatic carbocycles. The predicted octanol–water partition coefficient (Wildman–Crippen LogP) is 2.10. The van der Waals surface area contributed by atoms with Crippen molar-refractivity contribution < 1.29 is 0 Å². The van der Waals surface area contributed by atoms with Gasteiger partial charge in [0.2, 0.25) is 0 Å². The molecule has 0 saturated carbocycles. The molecule has 0 radical (unpaired) electrons. The van der Waals surface area contributed by atoms with Gasteiger partial charge in [-0.25, -0.2) is 4.98 Å². The van der Waals surface area contributed by atoms with Crippen LogP contribution in [0.1, 0.15) is 5.69 Å². The van der Waals surface area contributed by atoms with Gasteiger partial charge < -0.3 is 10.1 Å². The Balaban J connectivity index is 2.70. The molecule has 0 aliphatic rings. The van der Waals surface area contributed by atoms with E-state index >= 15 is 0 Å². The Hall–Kier alpha value is -0.770. The van der Waals surface area contributed by atoms with E-state index in [4.69, 9.17) is 28.9 Å². The minimum absolute atomic E-state index is 0.414. The van der Waals surface area contributed by atoms with Crippen molar-refractivity contribution in [2.45, 2.75) is 6.54 Å². The molecule has 0 atom stereocenters. The number of pyridine rings is 1. The molecule has 68 valence electrons. The Morgan fingerprint density at radius 1 is 1.31 bits per heavy atom. The van der Waals surface area contributed by atoms with Crippen LogP contribution >= 0.6 is 23.2 Å². The van der Waals surface area contributed by atoms with Crippen LogP contribution in [0.5, 0.6) is 0 Å². The third-order valence-corrected chi connectivity index (χ3v) is 2.47. The van der Waals surface area contributed by atoms with Crippen LogP contribution in [-0.4, -0.2) is 9.38 Å². The van der Waals surface area contributed by atoms with E-state index in [1.165, 1.54) is 0 Å². The molecule has 0 spiro atoms. The fourth-order valence-corrected chi connectivity index (χ4v) is 1.44. The molecule has 0 unspecified atom stereocenters. The molecule has 0 aromatic carbocycles. The number of imidazole rings is 1. The molecule has 0 saturated heterocycles. The standard InChI is InChI=1S/C8H7Cl2N3/c9-6-1-8-12-5(2-11)3-13(8)4-7(6)10/h1,3-4H,2,11H2. The Labute approximate surface area is 85.1 Å². The summed E-state index contributed by atoms with van der Waals surface area (Å²) in [5, 5.41) is 1.01. The van der Waals surface area contributed by atoms with E-state index in [0.717, 1.165) is 11.3 Å². The molecule has 2 aromatic heterocycles. The highest BCUT2D eigenvalue weighted by atomic mass is 35.5. The Kier molecular flexibility index (Phi) is 2.15. The van der Waals surface area contributed by atoms with Crippen LogP contribution in [0.3, 0.4) is 0 Å².